The molecule has 35 heavy (non-hydrogen) atoms. The summed E-state index contributed by atoms with van der Waals surface area (Å²) >= 11 is 0. The van der Waals surface area contributed by atoms with Crippen LogP contribution < -0.4 is 14.8 Å². The van der Waals surface area contributed by atoms with Crippen molar-refractivity contribution in [3.05, 3.63) is 84.1 Å². The Kier molecular flexibility index (Phi) is 8.33. The fourth-order valence-electron chi connectivity index (χ4n) is 4.14. The summed E-state index contributed by atoms with van der Waals surface area (Å²) in [4.78, 5) is 31.4. The van der Waals surface area contributed by atoms with Crippen molar-refractivity contribution >= 4 is 11.8 Å². The molecule has 1 aliphatic heterocycles. The first-order valence-electron chi connectivity index (χ1n) is 12.0. The fraction of sp³-hybridized carbons (Fsp3) is 0.321. The van der Waals surface area contributed by atoms with Crippen molar-refractivity contribution in [2.75, 3.05) is 20.2 Å². The third-order valence-corrected chi connectivity index (χ3v) is 6.22. The molecular weight excluding hydrogens is 442 g/mol. The van der Waals surface area contributed by atoms with E-state index in [2.05, 4.69) is 10.3 Å². The molecule has 2 aromatic carbocycles. The van der Waals surface area contributed by atoms with Gasteiger partial charge in [0.15, 0.2) is 0 Å². The number of pyridine rings is 1. The fourth-order valence-corrected chi connectivity index (χ4v) is 4.14. The number of hydrogen-bond donors (Lipinski definition) is 1. The van der Waals surface area contributed by atoms with Crippen LogP contribution in [-0.2, 0) is 22.6 Å². The van der Waals surface area contributed by atoms with Crippen LogP contribution in [0, 0.1) is 5.92 Å². The van der Waals surface area contributed by atoms with Gasteiger partial charge in [-0.05, 0) is 42.5 Å². The number of rotatable bonds is 9. The first-order valence-corrected chi connectivity index (χ1v) is 12.0. The largest absolute Gasteiger partial charge is 0.497 e. The van der Waals surface area contributed by atoms with Crippen LogP contribution >= 0.6 is 0 Å². The molecule has 0 spiro atoms. The molecule has 0 aliphatic carbocycles. The highest BCUT2D eigenvalue weighted by Gasteiger charge is 2.27. The van der Waals surface area contributed by atoms with E-state index in [-0.39, 0.29) is 17.7 Å². The first kappa shape index (κ1) is 24.3. The van der Waals surface area contributed by atoms with Crippen molar-refractivity contribution in [3.63, 3.8) is 0 Å². The Balaban J connectivity index is 1.18. The van der Waals surface area contributed by atoms with Crippen molar-refractivity contribution in [1.29, 1.82) is 0 Å². The summed E-state index contributed by atoms with van der Waals surface area (Å²) in [6.07, 6.45) is 4.33. The Bertz CT molecular complexity index is 1110. The predicted octanol–water partition coefficient (Wildman–Crippen LogP) is 4.37. The molecule has 182 valence electrons. The average molecular weight is 474 g/mol. The van der Waals surface area contributed by atoms with Crippen LogP contribution in [0.15, 0.2) is 72.9 Å². The van der Waals surface area contributed by atoms with Crippen LogP contribution in [-0.4, -0.2) is 41.9 Å². The summed E-state index contributed by atoms with van der Waals surface area (Å²) in [5.41, 5.74) is 2.06. The first-order chi connectivity index (χ1) is 17.1. The zero-order valence-electron chi connectivity index (χ0n) is 20.0. The molecule has 1 aliphatic rings. The van der Waals surface area contributed by atoms with Gasteiger partial charge in [0.05, 0.1) is 7.11 Å². The van der Waals surface area contributed by atoms with Crippen LogP contribution in [0.4, 0.5) is 0 Å². The standard InChI is InChI=1S/C28H31N3O4/c1-34-24-8-5-9-25(18-24)35-26-12-10-22(19-29-26)20-30-28(33)23-14-16-31(17-15-23)27(32)13-11-21-6-3-2-4-7-21/h2-10,12,18-19,23H,11,13-17,20H2,1H3,(H,30,33). The second kappa shape index (κ2) is 12.0. The molecule has 2 heterocycles. The molecule has 0 unspecified atom stereocenters. The third-order valence-electron chi connectivity index (χ3n) is 6.22. The van der Waals surface area contributed by atoms with E-state index >= 15 is 0 Å². The molecule has 3 aromatic rings. The van der Waals surface area contributed by atoms with Crippen molar-refractivity contribution in [2.45, 2.75) is 32.2 Å². The molecule has 4 rings (SSSR count). The number of carbonyl (C=O) groups is 2. The maximum Gasteiger partial charge on any atom is 0.223 e. The van der Waals surface area contributed by atoms with Crippen molar-refractivity contribution in [2.24, 2.45) is 5.92 Å². The van der Waals surface area contributed by atoms with E-state index in [1.165, 1.54) is 5.56 Å². The summed E-state index contributed by atoms with van der Waals surface area (Å²) in [5.74, 6) is 1.94. The summed E-state index contributed by atoms with van der Waals surface area (Å²) < 4.78 is 11.0. The molecule has 1 N–H and O–H groups in total. The van der Waals surface area contributed by atoms with E-state index in [1.807, 2.05) is 59.5 Å². The molecule has 1 aromatic heterocycles. The number of carbonyl (C=O) groups excluding carboxylic acids is 2. The number of methoxy groups -OCH3 is 1. The lowest BCUT2D eigenvalue weighted by molar-refractivity contribution is -0.135. The second-order valence-electron chi connectivity index (χ2n) is 8.64. The molecule has 2 amide bonds. The average Bonchev–Trinajstić information content (AvgIpc) is 2.92. The Labute approximate surface area is 206 Å². The summed E-state index contributed by atoms with van der Waals surface area (Å²) in [6, 6.07) is 21.0. The number of aryl methyl sites for hydroxylation is 1. The lowest BCUT2D eigenvalue weighted by Crippen LogP contribution is -2.43. The van der Waals surface area contributed by atoms with Gasteiger partial charge in [0.2, 0.25) is 17.7 Å². The SMILES string of the molecule is COc1cccc(Oc2ccc(CNC(=O)C3CCN(C(=O)CCc4ccccc4)CC3)cn2)c1. The summed E-state index contributed by atoms with van der Waals surface area (Å²) in [7, 11) is 1.61. The van der Waals surface area contributed by atoms with Crippen molar-refractivity contribution in [1.82, 2.24) is 15.2 Å². The molecule has 1 fully saturated rings. The number of amides is 2. The van der Waals surface area contributed by atoms with Gasteiger partial charge in [-0.1, -0.05) is 42.5 Å². The molecule has 7 nitrogen and oxygen atoms in total. The number of benzene rings is 2. The third kappa shape index (κ3) is 7.06. The maximum absolute atomic E-state index is 12.7. The van der Waals surface area contributed by atoms with E-state index in [0.29, 0.717) is 56.3 Å². The quantitative estimate of drug-likeness (QED) is 0.499. The zero-order chi connectivity index (χ0) is 24.5. The van der Waals surface area contributed by atoms with Gasteiger partial charge in [-0.2, -0.15) is 0 Å². The number of piperidine rings is 1. The zero-order valence-corrected chi connectivity index (χ0v) is 20.0. The van der Waals surface area contributed by atoms with Crippen LogP contribution in [0.5, 0.6) is 17.4 Å². The van der Waals surface area contributed by atoms with Gasteiger partial charge >= 0.3 is 0 Å². The minimum Gasteiger partial charge on any atom is -0.497 e. The van der Waals surface area contributed by atoms with E-state index in [1.54, 1.807) is 25.4 Å². The highest BCUT2D eigenvalue weighted by Crippen LogP contribution is 2.24. The van der Waals surface area contributed by atoms with Crippen molar-refractivity contribution < 1.29 is 19.1 Å². The van der Waals surface area contributed by atoms with E-state index < -0.39 is 0 Å². The van der Waals surface area contributed by atoms with Gasteiger partial charge in [0.25, 0.3) is 0 Å². The minimum absolute atomic E-state index is 0.0260. The molecule has 0 bridgehead atoms. The number of ether oxygens (including phenoxy) is 2. The summed E-state index contributed by atoms with van der Waals surface area (Å²) in [5, 5.41) is 3.00. The molecule has 0 saturated carbocycles. The van der Waals surface area contributed by atoms with Crippen LogP contribution in [0.3, 0.4) is 0 Å². The highest BCUT2D eigenvalue weighted by molar-refractivity contribution is 5.80. The van der Waals surface area contributed by atoms with Gasteiger partial charge in [-0.15, -0.1) is 0 Å². The normalized spacial score (nSPS) is 13.8. The van der Waals surface area contributed by atoms with Crippen molar-refractivity contribution in [3.8, 4) is 17.4 Å². The number of likely N-dealkylation sites (tertiary alicyclic amines) is 1. The summed E-state index contributed by atoms with van der Waals surface area (Å²) in [6.45, 7) is 1.66. The van der Waals surface area contributed by atoms with Gasteiger partial charge in [0.1, 0.15) is 11.5 Å². The highest BCUT2D eigenvalue weighted by atomic mass is 16.5. The van der Waals surface area contributed by atoms with Gasteiger partial charge < -0.3 is 19.7 Å². The topological polar surface area (TPSA) is 80.8 Å². The minimum atomic E-state index is -0.0724. The Morgan fingerprint density at radius 3 is 2.46 bits per heavy atom. The van der Waals surface area contributed by atoms with E-state index in [0.717, 1.165) is 12.0 Å². The lowest BCUT2D eigenvalue weighted by Gasteiger charge is -2.31. The second-order valence-corrected chi connectivity index (χ2v) is 8.64. The Hall–Kier alpha value is -3.87. The number of nitrogens with zero attached hydrogens (tertiary/aromatic N) is 2. The van der Waals surface area contributed by atoms with Crippen LogP contribution in [0.1, 0.15) is 30.4 Å². The number of nitrogens with one attached hydrogen (secondary N) is 1. The van der Waals surface area contributed by atoms with E-state index in [9.17, 15) is 9.59 Å². The molecule has 1 saturated heterocycles. The monoisotopic (exact) mass is 473 g/mol. The van der Waals surface area contributed by atoms with E-state index in [4.69, 9.17) is 9.47 Å². The molecular formula is C28H31N3O4. The number of hydrogen-bond acceptors (Lipinski definition) is 5. The van der Waals surface area contributed by atoms with Crippen LogP contribution in [0.2, 0.25) is 0 Å². The Morgan fingerprint density at radius 1 is 0.971 bits per heavy atom. The molecule has 0 atom stereocenters. The molecule has 0 radical (unpaired) electrons. The van der Waals surface area contributed by atoms with Gasteiger partial charge in [0, 0.05) is 50.3 Å². The van der Waals surface area contributed by atoms with Gasteiger partial charge in [-0.3, -0.25) is 9.59 Å². The molecule has 7 heteroatoms. The smallest absolute Gasteiger partial charge is 0.223 e. The van der Waals surface area contributed by atoms with Gasteiger partial charge in [-0.25, -0.2) is 4.98 Å². The van der Waals surface area contributed by atoms with Crippen LogP contribution in [0.25, 0.3) is 0 Å². The number of aromatic nitrogens is 1. The predicted molar refractivity (Wildman–Crippen MR) is 133 cm³/mol. The lowest BCUT2D eigenvalue weighted by atomic mass is 9.95. The maximum atomic E-state index is 12.7. The Morgan fingerprint density at radius 2 is 1.74 bits per heavy atom.